The van der Waals surface area contributed by atoms with E-state index in [1.165, 1.54) is 0 Å². The summed E-state index contributed by atoms with van der Waals surface area (Å²) in [5, 5.41) is 13.8. The van der Waals surface area contributed by atoms with Crippen molar-refractivity contribution in [2.75, 3.05) is 26.3 Å². The minimum Gasteiger partial charge on any atom is -0.368 e. The highest BCUT2D eigenvalue weighted by atomic mass is 16.5. The molecule has 2 aromatic heterocycles. The molecule has 4 aliphatic rings. The number of aromatic nitrogens is 4. The fourth-order valence-electron chi connectivity index (χ4n) is 9.82. The Kier molecular flexibility index (Phi) is 13.3. The SMILES string of the molecule is O=C(NC(C(=O)N1CCCC1c1cc(-c2ccc(C#Cc3ccc(-c4cnc(C5CCCN5C(=O)C(NC(=O)C5CCCO5)c5ccccc5)[nH]4)cc3)cc2)n[nH]1)c1ccccc1)C1CCCO1. The van der Waals surface area contributed by atoms with Crippen molar-refractivity contribution in [3.05, 3.63) is 155 Å². The van der Waals surface area contributed by atoms with Crippen LogP contribution >= 0.6 is 0 Å². The number of imidazole rings is 1. The number of aromatic amines is 2. The first-order chi connectivity index (χ1) is 33.4. The van der Waals surface area contributed by atoms with E-state index < -0.39 is 24.3 Å². The van der Waals surface area contributed by atoms with Gasteiger partial charge in [-0.3, -0.25) is 24.3 Å². The molecular weight excluding hydrogens is 857 g/mol. The summed E-state index contributed by atoms with van der Waals surface area (Å²) in [5.41, 5.74) is 7.50. The maximum absolute atomic E-state index is 14.2. The first-order valence-electron chi connectivity index (χ1n) is 23.7. The zero-order valence-electron chi connectivity index (χ0n) is 37.7. The first-order valence-corrected chi connectivity index (χ1v) is 23.7. The Morgan fingerprint density at radius 2 is 1.13 bits per heavy atom. The number of hydrogen-bond acceptors (Lipinski definition) is 8. The number of H-pyrrole nitrogens is 2. The number of likely N-dealkylation sites (tertiary alicyclic amines) is 2. The Labute approximate surface area is 395 Å². The van der Waals surface area contributed by atoms with Crippen LogP contribution in [0, 0.1) is 11.8 Å². The molecule has 0 aliphatic carbocycles. The van der Waals surface area contributed by atoms with Gasteiger partial charge in [0.1, 0.15) is 30.1 Å². The van der Waals surface area contributed by atoms with E-state index in [2.05, 4.69) is 37.7 Å². The van der Waals surface area contributed by atoms with Crippen LogP contribution < -0.4 is 10.6 Å². The van der Waals surface area contributed by atoms with Crippen molar-refractivity contribution in [1.29, 1.82) is 0 Å². The van der Waals surface area contributed by atoms with Crippen molar-refractivity contribution in [2.24, 2.45) is 0 Å². The number of carbonyl (C=O) groups excluding carboxylic acids is 4. The molecule has 4 N–H and O–H groups in total. The molecule has 6 heterocycles. The number of nitrogens with zero attached hydrogens (tertiary/aromatic N) is 4. The highest BCUT2D eigenvalue weighted by Gasteiger charge is 2.40. The molecule has 6 atom stereocenters. The molecule has 6 unspecified atom stereocenters. The third-order valence-corrected chi connectivity index (χ3v) is 13.4. The van der Waals surface area contributed by atoms with Gasteiger partial charge >= 0.3 is 0 Å². The summed E-state index contributed by atoms with van der Waals surface area (Å²) in [6, 6.07) is 34.6. The van der Waals surface area contributed by atoms with Crippen LogP contribution in [0.4, 0.5) is 0 Å². The second-order valence-corrected chi connectivity index (χ2v) is 17.9. The van der Waals surface area contributed by atoms with E-state index in [0.717, 1.165) is 89.0 Å². The van der Waals surface area contributed by atoms with Gasteiger partial charge in [0.25, 0.3) is 0 Å². The van der Waals surface area contributed by atoms with Gasteiger partial charge in [-0.2, -0.15) is 5.10 Å². The predicted octanol–water partition coefficient (Wildman–Crippen LogP) is 7.27. The Morgan fingerprint density at radius 3 is 1.66 bits per heavy atom. The molecule has 0 radical (unpaired) electrons. The average molecular weight is 911 g/mol. The lowest BCUT2D eigenvalue weighted by Crippen LogP contribution is -2.45. The van der Waals surface area contributed by atoms with Gasteiger partial charge in [0.05, 0.1) is 35.4 Å². The van der Waals surface area contributed by atoms with Crippen LogP contribution in [-0.4, -0.2) is 92.1 Å². The van der Waals surface area contributed by atoms with E-state index in [1.54, 1.807) is 6.20 Å². The topological polar surface area (TPSA) is 175 Å². The molecular formula is C54H54N8O6. The molecule has 4 saturated heterocycles. The summed E-state index contributed by atoms with van der Waals surface area (Å²) in [5.74, 6) is 6.43. The van der Waals surface area contributed by atoms with Gasteiger partial charge in [0, 0.05) is 43.0 Å². The van der Waals surface area contributed by atoms with E-state index in [0.29, 0.717) is 45.0 Å². The van der Waals surface area contributed by atoms with Gasteiger partial charge in [-0.1, -0.05) is 96.8 Å². The molecule has 4 fully saturated rings. The predicted molar refractivity (Wildman–Crippen MR) is 254 cm³/mol. The molecule has 68 heavy (non-hydrogen) atoms. The van der Waals surface area contributed by atoms with Gasteiger partial charge < -0.3 is 34.9 Å². The minimum atomic E-state index is -0.826. The zero-order valence-corrected chi connectivity index (χ0v) is 37.7. The fourth-order valence-corrected chi connectivity index (χ4v) is 9.82. The average Bonchev–Trinajstić information content (AvgIpc) is 4.24. The molecule has 4 aliphatic heterocycles. The molecule has 4 amide bonds. The number of nitrogens with one attached hydrogen (secondary N) is 4. The van der Waals surface area contributed by atoms with Crippen LogP contribution in [0.1, 0.15) is 109 Å². The molecule has 14 nitrogen and oxygen atoms in total. The number of benzene rings is 4. The molecule has 0 spiro atoms. The van der Waals surface area contributed by atoms with Gasteiger partial charge in [0.2, 0.25) is 23.6 Å². The van der Waals surface area contributed by atoms with Crippen molar-refractivity contribution in [1.82, 2.24) is 40.6 Å². The fraction of sp³-hybridized carbons (Fsp3) is 0.333. The summed E-state index contributed by atoms with van der Waals surface area (Å²) in [7, 11) is 0. The van der Waals surface area contributed by atoms with Crippen molar-refractivity contribution >= 4 is 23.6 Å². The Hall–Kier alpha value is -7.34. The molecule has 0 bridgehead atoms. The second kappa shape index (κ2) is 20.3. The molecule has 346 valence electrons. The van der Waals surface area contributed by atoms with Crippen molar-refractivity contribution in [2.45, 2.75) is 87.7 Å². The summed E-state index contributed by atoms with van der Waals surface area (Å²) < 4.78 is 11.2. The summed E-state index contributed by atoms with van der Waals surface area (Å²) in [6.07, 6.45) is 6.87. The molecule has 0 saturated carbocycles. The number of carbonyl (C=O) groups is 4. The van der Waals surface area contributed by atoms with Crippen molar-refractivity contribution in [3.63, 3.8) is 0 Å². The third kappa shape index (κ3) is 9.72. The Balaban J connectivity index is 0.771. The van der Waals surface area contributed by atoms with Gasteiger partial charge in [-0.15, -0.1) is 0 Å². The Morgan fingerprint density at radius 1 is 0.618 bits per heavy atom. The largest absolute Gasteiger partial charge is 0.368 e. The number of ether oxygens (including phenoxy) is 2. The van der Waals surface area contributed by atoms with Crippen molar-refractivity contribution < 1.29 is 28.7 Å². The molecule has 4 aromatic carbocycles. The molecule has 10 rings (SSSR count). The molecule has 14 heteroatoms. The highest BCUT2D eigenvalue weighted by molar-refractivity contribution is 5.91. The first kappa shape index (κ1) is 44.5. The van der Waals surface area contributed by atoms with E-state index >= 15 is 0 Å². The van der Waals surface area contributed by atoms with Crippen LogP contribution in [0.15, 0.2) is 121 Å². The minimum absolute atomic E-state index is 0.150. The van der Waals surface area contributed by atoms with E-state index in [1.807, 2.05) is 125 Å². The third-order valence-electron chi connectivity index (χ3n) is 13.4. The number of amides is 4. The maximum Gasteiger partial charge on any atom is 0.250 e. The van der Waals surface area contributed by atoms with Gasteiger partial charge in [-0.05, 0) is 98.4 Å². The zero-order chi connectivity index (χ0) is 46.4. The summed E-state index contributed by atoms with van der Waals surface area (Å²) >= 11 is 0. The highest BCUT2D eigenvalue weighted by Crippen LogP contribution is 2.36. The smallest absolute Gasteiger partial charge is 0.250 e. The maximum atomic E-state index is 14.2. The lowest BCUT2D eigenvalue weighted by Gasteiger charge is -2.29. The lowest BCUT2D eigenvalue weighted by molar-refractivity contribution is -0.140. The van der Waals surface area contributed by atoms with Gasteiger partial charge in [-0.25, -0.2) is 4.98 Å². The van der Waals surface area contributed by atoms with Crippen LogP contribution in [0.5, 0.6) is 0 Å². The summed E-state index contributed by atoms with van der Waals surface area (Å²) in [6.45, 7) is 2.24. The number of hydrogen-bond donors (Lipinski definition) is 4. The van der Waals surface area contributed by atoms with Crippen LogP contribution in [0.2, 0.25) is 0 Å². The van der Waals surface area contributed by atoms with Gasteiger partial charge in [0.15, 0.2) is 0 Å². The normalized spacial score (nSPS) is 20.9. The Bertz CT molecular complexity index is 2600. The van der Waals surface area contributed by atoms with Crippen LogP contribution in [0.3, 0.4) is 0 Å². The van der Waals surface area contributed by atoms with Crippen LogP contribution in [-0.2, 0) is 28.7 Å². The second-order valence-electron chi connectivity index (χ2n) is 17.9. The summed E-state index contributed by atoms with van der Waals surface area (Å²) in [4.78, 5) is 66.6. The lowest BCUT2D eigenvalue weighted by atomic mass is 10.0. The van der Waals surface area contributed by atoms with E-state index in [9.17, 15) is 19.2 Å². The quantitative estimate of drug-likeness (QED) is 0.0929. The molecule has 6 aromatic rings. The van der Waals surface area contributed by atoms with E-state index in [4.69, 9.17) is 14.5 Å². The number of rotatable bonds is 12. The van der Waals surface area contributed by atoms with Crippen LogP contribution in [0.25, 0.3) is 22.5 Å². The van der Waals surface area contributed by atoms with Crippen molar-refractivity contribution in [3.8, 4) is 34.4 Å². The standard InChI is InChI=1S/C54H54N8O6/c63-51(46-17-9-31-67-46)57-48(39-11-3-1-4-12-39)53(65)61-29-7-15-44(61)42-33-41(59-60-42)37-25-21-35(22-26-37)19-20-36-23-27-38(28-24-36)43-34-55-50(56-43)45-16-8-30-62(45)54(66)49(40-13-5-2-6-14-40)58-52(64)47-18-10-32-68-47/h1-6,11-14,21-28,33-34,44-49H,7-10,15-18,29-32H2,(H,55,56)(H,57,63)(H,58,64)(H,59,60). The van der Waals surface area contributed by atoms with E-state index in [-0.39, 0.29) is 35.7 Å². The monoisotopic (exact) mass is 910 g/mol.